The first-order valence-corrected chi connectivity index (χ1v) is 13.3. The smallest absolute Gasteiger partial charge is 0.270 e. The van der Waals surface area contributed by atoms with Gasteiger partial charge in [0.05, 0.1) is 0 Å². The lowest BCUT2D eigenvalue weighted by Gasteiger charge is -2.35. The van der Waals surface area contributed by atoms with Gasteiger partial charge in [0.2, 0.25) is 5.95 Å². The molecule has 0 spiro atoms. The number of hydrogen-bond donors (Lipinski definition) is 2. The number of amides is 1. The number of pyridine rings is 1. The highest BCUT2D eigenvalue weighted by Gasteiger charge is 2.38. The van der Waals surface area contributed by atoms with Crippen molar-refractivity contribution in [1.82, 2.24) is 34.2 Å². The normalized spacial score (nSPS) is 23.6. The second-order valence-electron chi connectivity index (χ2n) is 11.1. The molecule has 3 atom stereocenters. The van der Waals surface area contributed by atoms with E-state index in [0.717, 1.165) is 61.9 Å². The van der Waals surface area contributed by atoms with E-state index in [4.69, 9.17) is 4.98 Å². The van der Waals surface area contributed by atoms with Crippen molar-refractivity contribution in [1.29, 1.82) is 0 Å². The van der Waals surface area contributed by atoms with Crippen molar-refractivity contribution in [2.75, 3.05) is 46.1 Å². The summed E-state index contributed by atoms with van der Waals surface area (Å²) in [6.07, 6.45) is 8.47. The fraction of sp³-hybridized carbons (Fsp3) is 0.556. The van der Waals surface area contributed by atoms with Crippen LogP contribution in [-0.2, 0) is 0 Å². The standard InChI is InChI=1S/C27H36N8O2/c1-32(2)26(37)22-11-19-13-29-27(31-24(19)35(22)20-6-4-5-7-20)30-23-9-8-18(12-28-23)25(36)34-15-17-10-21(16-34)33(3)14-17/h8-9,11-13,17,20-21,25,36H,4-7,10,14-16H2,1-3H3,(H,28,29,30,31). The van der Waals surface area contributed by atoms with E-state index in [9.17, 15) is 9.90 Å². The molecule has 196 valence electrons. The van der Waals surface area contributed by atoms with E-state index in [0.29, 0.717) is 29.4 Å². The maximum Gasteiger partial charge on any atom is 0.270 e. The van der Waals surface area contributed by atoms with Crippen molar-refractivity contribution in [2.24, 2.45) is 5.92 Å². The van der Waals surface area contributed by atoms with E-state index in [1.165, 1.54) is 6.42 Å². The molecule has 5 heterocycles. The Kier molecular flexibility index (Phi) is 6.34. The summed E-state index contributed by atoms with van der Waals surface area (Å²) < 4.78 is 2.10. The van der Waals surface area contributed by atoms with Gasteiger partial charge in [-0.25, -0.2) is 9.97 Å². The molecule has 3 aromatic heterocycles. The Morgan fingerprint density at radius 1 is 1.11 bits per heavy atom. The van der Waals surface area contributed by atoms with Crippen LogP contribution in [0.2, 0.25) is 0 Å². The largest absolute Gasteiger partial charge is 0.374 e. The van der Waals surface area contributed by atoms with E-state index >= 15 is 0 Å². The number of rotatable bonds is 6. The molecule has 2 saturated heterocycles. The maximum absolute atomic E-state index is 12.9. The van der Waals surface area contributed by atoms with E-state index in [1.807, 2.05) is 18.2 Å². The van der Waals surface area contributed by atoms with Crippen LogP contribution in [-0.4, -0.2) is 92.1 Å². The monoisotopic (exact) mass is 504 g/mol. The van der Waals surface area contributed by atoms with Crippen molar-refractivity contribution in [3.63, 3.8) is 0 Å². The van der Waals surface area contributed by atoms with Crippen LogP contribution in [0.25, 0.3) is 11.0 Å². The topological polar surface area (TPSA) is 103 Å². The van der Waals surface area contributed by atoms with Gasteiger partial charge in [0.25, 0.3) is 5.91 Å². The summed E-state index contributed by atoms with van der Waals surface area (Å²) in [7, 11) is 5.73. The minimum Gasteiger partial charge on any atom is -0.374 e. The summed E-state index contributed by atoms with van der Waals surface area (Å²) in [5.41, 5.74) is 2.21. The summed E-state index contributed by atoms with van der Waals surface area (Å²) in [6, 6.07) is 6.45. The Bertz CT molecular complexity index is 1280. The second kappa shape index (κ2) is 9.66. The number of aliphatic hydroxyl groups excluding tert-OH is 1. The molecule has 3 fully saturated rings. The molecule has 1 aliphatic carbocycles. The molecule has 10 nitrogen and oxygen atoms in total. The number of piperidine rings is 1. The van der Waals surface area contributed by atoms with Gasteiger partial charge in [-0.2, -0.15) is 4.98 Å². The molecule has 1 amide bonds. The van der Waals surface area contributed by atoms with Gasteiger partial charge in [-0.15, -0.1) is 0 Å². The van der Waals surface area contributed by atoms with Crippen molar-refractivity contribution in [3.8, 4) is 0 Å². The third-order valence-electron chi connectivity index (χ3n) is 8.27. The van der Waals surface area contributed by atoms with Gasteiger partial charge in [0.15, 0.2) is 0 Å². The molecular formula is C27H36N8O2. The molecule has 2 N–H and O–H groups in total. The molecule has 2 aliphatic heterocycles. The summed E-state index contributed by atoms with van der Waals surface area (Å²) in [4.78, 5) is 32.9. The molecule has 6 rings (SSSR count). The predicted octanol–water partition coefficient (Wildman–Crippen LogP) is 3.01. The van der Waals surface area contributed by atoms with Gasteiger partial charge < -0.3 is 24.8 Å². The number of carbonyl (C=O) groups excluding carboxylic acids is 1. The maximum atomic E-state index is 12.9. The molecular weight excluding hydrogens is 468 g/mol. The zero-order chi connectivity index (χ0) is 25.7. The number of anilines is 2. The lowest BCUT2D eigenvalue weighted by Crippen LogP contribution is -2.43. The van der Waals surface area contributed by atoms with Gasteiger partial charge in [0, 0.05) is 69.2 Å². The Balaban J connectivity index is 1.22. The van der Waals surface area contributed by atoms with Crippen LogP contribution in [0.1, 0.15) is 60.4 Å². The summed E-state index contributed by atoms with van der Waals surface area (Å²) in [5.74, 6) is 1.64. The third kappa shape index (κ3) is 4.58. The average Bonchev–Trinajstić information content (AvgIpc) is 3.61. The van der Waals surface area contributed by atoms with Crippen molar-refractivity contribution >= 4 is 28.7 Å². The zero-order valence-electron chi connectivity index (χ0n) is 21.8. The molecule has 3 unspecified atom stereocenters. The highest BCUT2D eigenvalue weighted by molar-refractivity contribution is 5.97. The van der Waals surface area contributed by atoms with Crippen molar-refractivity contribution in [3.05, 3.63) is 41.9 Å². The molecule has 1 saturated carbocycles. The molecule has 0 radical (unpaired) electrons. The molecule has 37 heavy (non-hydrogen) atoms. The van der Waals surface area contributed by atoms with Gasteiger partial charge in [-0.3, -0.25) is 9.69 Å². The first kappa shape index (κ1) is 24.3. The van der Waals surface area contributed by atoms with Crippen molar-refractivity contribution in [2.45, 2.75) is 50.4 Å². The summed E-state index contributed by atoms with van der Waals surface area (Å²) in [5, 5.41) is 15.1. The fourth-order valence-corrected chi connectivity index (χ4v) is 6.37. The van der Waals surface area contributed by atoms with Gasteiger partial charge in [-0.05, 0) is 50.4 Å². The molecule has 10 heteroatoms. The highest BCUT2D eigenvalue weighted by atomic mass is 16.3. The molecule has 3 aliphatic rings. The van der Waals surface area contributed by atoms with Crippen LogP contribution in [0, 0.1) is 5.92 Å². The minimum absolute atomic E-state index is 0.0245. The van der Waals surface area contributed by atoms with E-state index < -0.39 is 6.23 Å². The van der Waals surface area contributed by atoms with Gasteiger partial charge in [-0.1, -0.05) is 12.8 Å². The van der Waals surface area contributed by atoms with Crippen LogP contribution in [0.3, 0.4) is 0 Å². The van der Waals surface area contributed by atoms with Gasteiger partial charge >= 0.3 is 0 Å². The Morgan fingerprint density at radius 2 is 1.92 bits per heavy atom. The fourth-order valence-electron chi connectivity index (χ4n) is 6.37. The van der Waals surface area contributed by atoms with Crippen LogP contribution < -0.4 is 5.32 Å². The number of carbonyl (C=O) groups is 1. The van der Waals surface area contributed by atoms with Crippen LogP contribution >= 0.6 is 0 Å². The quantitative estimate of drug-likeness (QED) is 0.528. The average molecular weight is 505 g/mol. The Labute approximate surface area is 217 Å². The van der Waals surface area contributed by atoms with E-state index in [-0.39, 0.29) is 11.9 Å². The number of aliphatic hydroxyl groups is 1. The van der Waals surface area contributed by atoms with E-state index in [1.54, 1.807) is 31.4 Å². The first-order valence-electron chi connectivity index (χ1n) is 13.3. The van der Waals surface area contributed by atoms with E-state index in [2.05, 4.69) is 36.7 Å². The molecule has 3 aromatic rings. The lowest BCUT2D eigenvalue weighted by molar-refractivity contribution is -0.0230. The van der Waals surface area contributed by atoms with Crippen LogP contribution in [0.5, 0.6) is 0 Å². The molecule has 2 bridgehead atoms. The van der Waals surface area contributed by atoms with Gasteiger partial charge in [0.1, 0.15) is 23.4 Å². The second-order valence-corrected chi connectivity index (χ2v) is 11.1. The number of nitrogens with zero attached hydrogens (tertiary/aromatic N) is 7. The molecule has 0 aromatic carbocycles. The minimum atomic E-state index is -0.659. The van der Waals surface area contributed by atoms with Crippen LogP contribution in [0.4, 0.5) is 11.8 Å². The summed E-state index contributed by atoms with van der Waals surface area (Å²) >= 11 is 0. The number of hydrogen-bond acceptors (Lipinski definition) is 8. The summed E-state index contributed by atoms with van der Waals surface area (Å²) in [6.45, 7) is 2.89. The highest BCUT2D eigenvalue weighted by Crippen LogP contribution is 2.35. The van der Waals surface area contributed by atoms with Crippen LogP contribution in [0.15, 0.2) is 30.6 Å². The zero-order valence-corrected chi connectivity index (χ0v) is 21.8. The number of aromatic nitrogens is 4. The number of nitrogens with one attached hydrogen (secondary N) is 1. The Morgan fingerprint density at radius 3 is 2.62 bits per heavy atom. The first-order chi connectivity index (χ1) is 17.9. The number of likely N-dealkylation sites (tertiary alicyclic amines) is 2. The third-order valence-corrected chi connectivity index (χ3v) is 8.27. The lowest BCUT2D eigenvalue weighted by atomic mass is 9.99. The Hall–Kier alpha value is -3.08. The number of likely N-dealkylation sites (N-methyl/N-ethyl adjacent to an activating group) is 1. The predicted molar refractivity (Wildman–Crippen MR) is 142 cm³/mol. The number of fused-ring (bicyclic) bond motifs is 3. The SMILES string of the molecule is CN(C)C(=O)c1cc2cnc(Nc3ccc(C(O)N4CC5CC(C4)N(C)C5)cn3)nc2n1C1CCCC1. The van der Waals surface area contributed by atoms with Crippen molar-refractivity contribution < 1.29 is 9.90 Å².